The Bertz CT molecular complexity index is 1120. The van der Waals surface area contributed by atoms with Gasteiger partial charge >= 0.3 is 0 Å². The molecule has 1 aliphatic carbocycles. The van der Waals surface area contributed by atoms with Gasteiger partial charge < -0.3 is 15.2 Å². The van der Waals surface area contributed by atoms with Crippen molar-refractivity contribution >= 4 is 11.7 Å². The van der Waals surface area contributed by atoms with Gasteiger partial charge in [-0.1, -0.05) is 18.2 Å². The molecule has 2 aromatic rings. The number of ether oxygens (including phenoxy) is 1. The van der Waals surface area contributed by atoms with E-state index in [9.17, 15) is 32.3 Å². The van der Waals surface area contributed by atoms with E-state index in [1.54, 1.807) is 24.3 Å². The fraction of sp³-hybridized carbons (Fsp3) is 0.385. The number of amides is 1. The highest BCUT2D eigenvalue weighted by Gasteiger charge is 2.46. The highest BCUT2D eigenvalue weighted by molar-refractivity contribution is 6.26. The Kier molecular flexibility index (Phi) is 8.32. The van der Waals surface area contributed by atoms with Gasteiger partial charge in [0, 0.05) is 12.0 Å². The Morgan fingerprint density at radius 2 is 1.77 bits per heavy atom. The smallest absolute Gasteiger partial charge is 0.275 e. The lowest BCUT2D eigenvalue weighted by Crippen LogP contribution is -2.54. The van der Waals surface area contributed by atoms with E-state index in [1.165, 1.54) is 14.0 Å². The van der Waals surface area contributed by atoms with Gasteiger partial charge in [-0.25, -0.2) is 17.6 Å². The first-order valence-corrected chi connectivity index (χ1v) is 11.3. The molecule has 3 rings (SSSR count). The zero-order valence-electron chi connectivity index (χ0n) is 19.4. The first kappa shape index (κ1) is 26.4. The summed E-state index contributed by atoms with van der Waals surface area (Å²) >= 11 is 0. The van der Waals surface area contributed by atoms with E-state index in [0.717, 1.165) is 23.8 Å². The van der Waals surface area contributed by atoms with Gasteiger partial charge in [-0.2, -0.15) is 0 Å². The van der Waals surface area contributed by atoms with Crippen LogP contribution in [0.25, 0.3) is 0 Å². The second-order valence-corrected chi connectivity index (χ2v) is 8.44. The Morgan fingerprint density at radius 3 is 2.40 bits per heavy atom. The van der Waals surface area contributed by atoms with E-state index in [4.69, 9.17) is 4.74 Å². The number of hydrogen-bond acceptors (Lipinski definition) is 4. The highest BCUT2D eigenvalue weighted by Crippen LogP contribution is 2.34. The summed E-state index contributed by atoms with van der Waals surface area (Å²) in [6, 6.07) is 7.38. The van der Waals surface area contributed by atoms with Crippen LogP contribution < -0.4 is 10.1 Å². The summed E-state index contributed by atoms with van der Waals surface area (Å²) in [7, 11) is 1.52. The topological polar surface area (TPSA) is 75.6 Å². The summed E-state index contributed by atoms with van der Waals surface area (Å²) in [6.45, 7) is 1.35. The third-order valence-corrected chi connectivity index (χ3v) is 6.19. The average Bonchev–Trinajstić information content (AvgIpc) is 2.83. The molecule has 0 radical (unpaired) electrons. The number of aryl methyl sites for hydroxylation is 1. The van der Waals surface area contributed by atoms with Crippen molar-refractivity contribution in [2.24, 2.45) is 0 Å². The van der Waals surface area contributed by atoms with Gasteiger partial charge in [0.1, 0.15) is 23.5 Å². The molecule has 2 N–H and O–H groups in total. The van der Waals surface area contributed by atoms with Crippen LogP contribution in [0.4, 0.5) is 17.6 Å². The lowest BCUT2D eigenvalue weighted by atomic mass is 9.88. The zero-order chi connectivity index (χ0) is 25.8. The maximum absolute atomic E-state index is 14.8. The minimum atomic E-state index is -3.38. The zero-order valence-corrected chi connectivity index (χ0v) is 19.4. The molecule has 2 aromatic carbocycles. The normalized spacial score (nSPS) is 19.8. The number of methoxy groups -OCH3 is 1. The number of ketones is 1. The molecule has 2 atom stereocenters. The average molecular weight is 493 g/mol. The number of aliphatic hydroxyl groups is 1. The van der Waals surface area contributed by atoms with E-state index in [-0.39, 0.29) is 31.2 Å². The fourth-order valence-corrected chi connectivity index (χ4v) is 4.20. The van der Waals surface area contributed by atoms with Crippen molar-refractivity contribution in [3.05, 3.63) is 76.4 Å². The number of allylic oxidation sites excluding steroid dienone is 1. The van der Waals surface area contributed by atoms with Crippen molar-refractivity contribution < 1.29 is 37.0 Å². The predicted molar refractivity (Wildman–Crippen MR) is 122 cm³/mol. The van der Waals surface area contributed by atoms with Gasteiger partial charge in [-0.15, -0.1) is 0 Å². The molecule has 0 spiro atoms. The molecular formula is C26H27F4NO4. The Labute approximate surface area is 200 Å². The van der Waals surface area contributed by atoms with Crippen LogP contribution in [0.1, 0.15) is 47.7 Å². The molecule has 1 amide bonds. The number of rotatable bonds is 8. The van der Waals surface area contributed by atoms with E-state index >= 15 is 0 Å². The second kappa shape index (κ2) is 11.0. The standard InChI is InChI=1S/C26H27F4NO4/c1-3-17(25(34)31-21-5-4-14-26(29,30)24(21)33)23(32)22-18(19(27)12-13-20(22)28)11-8-15-6-9-16(35-2)10-7-15/h3,6-7,9-10,12-13,21,24,33H,4-5,8,11,14H2,1-2H3,(H,31,34)/b17-3+/t21-,24+/m1/s1. The maximum atomic E-state index is 14.8. The van der Waals surface area contributed by atoms with Crippen LogP contribution in [0, 0.1) is 11.6 Å². The molecule has 9 heteroatoms. The molecule has 0 unspecified atom stereocenters. The number of halogens is 4. The monoisotopic (exact) mass is 493 g/mol. The van der Waals surface area contributed by atoms with Gasteiger partial charge in [-0.05, 0) is 62.4 Å². The van der Waals surface area contributed by atoms with Gasteiger partial charge in [-0.3, -0.25) is 9.59 Å². The van der Waals surface area contributed by atoms with E-state index in [0.29, 0.717) is 5.75 Å². The minimum absolute atomic E-state index is 0.0246. The van der Waals surface area contributed by atoms with Crippen molar-refractivity contribution in [3.8, 4) is 5.75 Å². The molecule has 5 nitrogen and oxygen atoms in total. The quantitative estimate of drug-likeness (QED) is 0.186. The number of hydrogen-bond donors (Lipinski definition) is 2. The number of carbonyl (C=O) groups is 2. The Hall–Kier alpha value is -3.20. The largest absolute Gasteiger partial charge is 0.497 e. The Balaban J connectivity index is 1.83. The third kappa shape index (κ3) is 5.90. The Morgan fingerprint density at radius 1 is 1.11 bits per heavy atom. The van der Waals surface area contributed by atoms with Crippen molar-refractivity contribution in [3.63, 3.8) is 0 Å². The first-order chi connectivity index (χ1) is 16.6. The summed E-state index contributed by atoms with van der Waals surface area (Å²) in [5.41, 5.74) is -0.510. The van der Waals surface area contributed by atoms with Crippen molar-refractivity contribution in [2.45, 2.75) is 57.1 Å². The number of carbonyl (C=O) groups excluding carboxylic acids is 2. The summed E-state index contributed by atoms with van der Waals surface area (Å²) in [5.74, 6) is -6.66. The number of aliphatic hydroxyl groups excluding tert-OH is 1. The van der Waals surface area contributed by atoms with Crippen LogP contribution in [-0.2, 0) is 17.6 Å². The van der Waals surface area contributed by atoms with Crippen LogP contribution in [0.2, 0.25) is 0 Å². The second-order valence-electron chi connectivity index (χ2n) is 8.44. The molecule has 0 saturated heterocycles. The lowest BCUT2D eigenvalue weighted by molar-refractivity contribution is -0.147. The SMILES string of the molecule is C/C=C(/C(=O)N[C@@H]1CCCC(F)(F)[C@H]1O)C(=O)c1c(F)ccc(F)c1CCc1ccc(OC)cc1. The van der Waals surface area contributed by atoms with E-state index in [2.05, 4.69) is 5.32 Å². The molecule has 188 valence electrons. The van der Waals surface area contributed by atoms with Crippen LogP contribution in [0.15, 0.2) is 48.0 Å². The molecular weight excluding hydrogens is 466 g/mol. The molecule has 1 aliphatic rings. The summed E-state index contributed by atoms with van der Waals surface area (Å²) < 4.78 is 62.3. The summed E-state index contributed by atoms with van der Waals surface area (Å²) in [5, 5.41) is 12.2. The fourth-order valence-electron chi connectivity index (χ4n) is 4.20. The van der Waals surface area contributed by atoms with Crippen LogP contribution in [-0.4, -0.2) is 42.0 Å². The van der Waals surface area contributed by atoms with Crippen molar-refractivity contribution in [1.29, 1.82) is 0 Å². The number of Topliss-reactive ketones (excluding diaryl/α,β-unsaturated/α-hetero) is 1. The minimum Gasteiger partial charge on any atom is -0.497 e. The van der Waals surface area contributed by atoms with Crippen LogP contribution in [0.5, 0.6) is 5.75 Å². The molecule has 0 aromatic heterocycles. The van der Waals surface area contributed by atoms with Gasteiger partial charge in [0.05, 0.1) is 24.3 Å². The molecule has 0 bridgehead atoms. The lowest BCUT2D eigenvalue weighted by Gasteiger charge is -2.34. The predicted octanol–water partition coefficient (Wildman–Crippen LogP) is 4.55. The van der Waals surface area contributed by atoms with Gasteiger partial charge in [0.15, 0.2) is 0 Å². The number of benzene rings is 2. The molecule has 0 aliphatic heterocycles. The highest BCUT2D eigenvalue weighted by atomic mass is 19.3. The third-order valence-electron chi connectivity index (χ3n) is 6.19. The van der Waals surface area contributed by atoms with E-state index in [1.807, 2.05) is 0 Å². The van der Waals surface area contributed by atoms with Crippen molar-refractivity contribution in [2.75, 3.05) is 7.11 Å². The molecule has 35 heavy (non-hydrogen) atoms. The van der Waals surface area contributed by atoms with Gasteiger partial charge in [0.25, 0.3) is 11.8 Å². The van der Waals surface area contributed by atoms with Gasteiger partial charge in [0.2, 0.25) is 5.78 Å². The number of nitrogens with one attached hydrogen (secondary N) is 1. The van der Waals surface area contributed by atoms with Crippen molar-refractivity contribution in [1.82, 2.24) is 5.32 Å². The first-order valence-electron chi connectivity index (χ1n) is 11.3. The summed E-state index contributed by atoms with van der Waals surface area (Å²) in [6.07, 6.45) is -1.09. The molecule has 1 fully saturated rings. The van der Waals surface area contributed by atoms with Crippen LogP contribution in [0.3, 0.4) is 0 Å². The van der Waals surface area contributed by atoms with Crippen LogP contribution >= 0.6 is 0 Å². The summed E-state index contributed by atoms with van der Waals surface area (Å²) in [4.78, 5) is 26.0. The molecule has 1 saturated carbocycles. The maximum Gasteiger partial charge on any atom is 0.275 e. The van der Waals surface area contributed by atoms with E-state index < -0.39 is 59.0 Å². The number of alkyl halides is 2. The molecule has 0 heterocycles.